The Balaban J connectivity index is 0.00000128. The molecule has 0 aromatic carbocycles. The van der Waals surface area contributed by atoms with Crippen molar-refractivity contribution in [3.63, 3.8) is 0 Å². The molecule has 5 aliphatic rings. The Kier molecular flexibility index (Phi) is 6.50. The van der Waals surface area contributed by atoms with Crippen molar-refractivity contribution >= 4 is 25.0 Å². The van der Waals surface area contributed by atoms with Crippen molar-refractivity contribution in [3.8, 4) is 22.3 Å². The normalized spacial score (nSPS) is 13.4. The number of hydrogen-bond donors (Lipinski definition) is 0. The zero-order chi connectivity index (χ0) is 19.8. The molecule has 0 amide bonds. The van der Waals surface area contributed by atoms with Gasteiger partial charge in [-0.25, -0.2) is 0 Å². The molecule has 0 atom stereocenters. The molecule has 152 valence electrons. The zero-order valence-corrected chi connectivity index (χ0v) is 23.3. The van der Waals surface area contributed by atoms with Crippen molar-refractivity contribution < 1.29 is 48.0 Å². The van der Waals surface area contributed by atoms with Gasteiger partial charge in [-0.05, 0) is 0 Å². The Morgan fingerprint density at radius 3 is 1.37 bits per heavy atom. The molecule has 4 heteroatoms. The van der Waals surface area contributed by atoms with Crippen molar-refractivity contribution in [3.05, 3.63) is 70.8 Å². The minimum atomic E-state index is -1.87. The van der Waals surface area contributed by atoms with E-state index >= 15 is 0 Å². The molecule has 0 fully saturated rings. The molecule has 0 spiro atoms. The van der Waals surface area contributed by atoms with Gasteiger partial charge in [0.2, 0.25) is 0 Å². The van der Waals surface area contributed by atoms with E-state index in [0.29, 0.717) is 0 Å². The first-order valence-corrected chi connectivity index (χ1v) is 15.6. The molecular weight excluding hydrogens is 503 g/mol. The summed E-state index contributed by atoms with van der Waals surface area (Å²) in [5, 5.41) is 3.42. The van der Waals surface area contributed by atoms with E-state index in [9.17, 15) is 0 Å². The fraction of sp³-hybridized carbons (Fsp3) is 0.231. The molecular formula is C26H26Cl2SiZr. The van der Waals surface area contributed by atoms with Crippen LogP contribution in [0.3, 0.4) is 0 Å². The Labute approximate surface area is 205 Å². The first-order chi connectivity index (χ1) is 13.3. The molecule has 0 N–H and O–H groups in total. The van der Waals surface area contributed by atoms with Crippen LogP contribution >= 0.6 is 0 Å². The Hall–Kier alpha value is -0.920. The van der Waals surface area contributed by atoms with Gasteiger partial charge in [0.25, 0.3) is 0 Å². The molecule has 1 aliphatic heterocycles. The van der Waals surface area contributed by atoms with Gasteiger partial charge in [-0.15, -0.1) is 0 Å². The molecule has 0 saturated carbocycles. The van der Waals surface area contributed by atoms with Gasteiger partial charge in [-0.2, -0.15) is 0 Å². The summed E-state index contributed by atoms with van der Waals surface area (Å²) in [4.78, 5) is 0. The summed E-state index contributed by atoms with van der Waals surface area (Å²) < 4.78 is 3.44. The maximum Gasteiger partial charge on any atom is -1.00 e. The summed E-state index contributed by atoms with van der Waals surface area (Å²) in [6, 6.07) is 18.4. The van der Waals surface area contributed by atoms with Crippen molar-refractivity contribution in [1.82, 2.24) is 0 Å². The van der Waals surface area contributed by atoms with Gasteiger partial charge in [-0.3, -0.25) is 0 Å². The topological polar surface area (TPSA) is 0 Å². The predicted octanol–water partition coefficient (Wildman–Crippen LogP) is -1.69. The summed E-state index contributed by atoms with van der Waals surface area (Å²) in [6.45, 7) is 14.7. The van der Waals surface area contributed by atoms with E-state index < -0.39 is 31.3 Å². The molecule has 1 heterocycles. The van der Waals surface area contributed by atoms with Crippen LogP contribution in [-0.4, -0.2) is 8.07 Å². The third kappa shape index (κ3) is 3.10. The van der Waals surface area contributed by atoms with Crippen molar-refractivity contribution in [2.24, 2.45) is 0 Å². The quantitative estimate of drug-likeness (QED) is 0.239. The van der Waals surface area contributed by atoms with E-state index in [1.165, 1.54) is 11.1 Å². The van der Waals surface area contributed by atoms with Crippen LogP contribution < -0.4 is 41.7 Å². The maximum atomic E-state index is 2.60. The Morgan fingerprint density at radius 1 is 0.600 bits per heavy atom. The van der Waals surface area contributed by atoms with E-state index in [0.717, 1.165) is 0 Å². The number of halogens is 2. The van der Waals surface area contributed by atoms with E-state index in [4.69, 9.17) is 0 Å². The first-order valence-electron chi connectivity index (χ1n) is 10.2. The Bertz CT molecular complexity index is 1120. The van der Waals surface area contributed by atoms with Crippen molar-refractivity contribution in [1.29, 1.82) is 0 Å². The molecule has 0 aromatic rings. The predicted molar refractivity (Wildman–Crippen MR) is 121 cm³/mol. The molecule has 0 saturated heterocycles. The largest absolute Gasteiger partial charge is 1.00 e. The fourth-order valence-corrected chi connectivity index (χ4v) is 14.4. The third-order valence-electron chi connectivity index (χ3n) is 6.81. The van der Waals surface area contributed by atoms with E-state index in [1.54, 1.807) is 50.3 Å². The smallest absolute Gasteiger partial charge is 1.00 e. The van der Waals surface area contributed by atoms with Gasteiger partial charge in [0.1, 0.15) is 0 Å². The van der Waals surface area contributed by atoms with Crippen LogP contribution in [0.15, 0.2) is 48.5 Å². The molecule has 0 nitrogen and oxygen atoms in total. The molecule has 0 unspecified atom stereocenters. The second-order valence-corrected chi connectivity index (χ2v) is 16.2. The van der Waals surface area contributed by atoms with E-state index in [1.807, 2.05) is 0 Å². The van der Waals surface area contributed by atoms with Gasteiger partial charge in [0, 0.05) is 0 Å². The van der Waals surface area contributed by atoms with Crippen LogP contribution in [0.2, 0.25) is 13.1 Å². The summed E-state index contributed by atoms with van der Waals surface area (Å²) in [7, 11) is -1.87. The SMILES string of the molecule is Cc1ccccc2[c]3c(C)c(c1-2)[Si](C)(C)c1c(C)[c](c2ccccc(C)c1-2)[Zr+2]3.[Cl-].[Cl-]. The van der Waals surface area contributed by atoms with Crippen LogP contribution in [0.1, 0.15) is 22.3 Å². The van der Waals surface area contributed by atoms with Crippen LogP contribution in [-0.2, 0) is 23.2 Å². The molecule has 4 aliphatic carbocycles. The Morgan fingerprint density at radius 2 is 0.967 bits per heavy atom. The second kappa shape index (κ2) is 8.21. The summed E-state index contributed by atoms with van der Waals surface area (Å²) in [5.74, 6) is 0. The number of aryl methyl sites for hydroxylation is 2. The van der Waals surface area contributed by atoms with Gasteiger partial charge in [0.15, 0.2) is 0 Å². The zero-order valence-electron chi connectivity index (χ0n) is 18.4. The summed E-state index contributed by atoms with van der Waals surface area (Å²) in [5.41, 5.74) is 12.4. The summed E-state index contributed by atoms with van der Waals surface area (Å²) in [6.07, 6.45) is 0. The second-order valence-electron chi connectivity index (χ2n) is 8.88. The molecule has 5 rings (SSSR count). The first kappa shape index (κ1) is 23.7. The van der Waals surface area contributed by atoms with Gasteiger partial charge < -0.3 is 24.8 Å². The van der Waals surface area contributed by atoms with Crippen LogP contribution in [0.5, 0.6) is 0 Å². The molecule has 4 bridgehead atoms. The summed E-state index contributed by atoms with van der Waals surface area (Å²) >= 11 is -0.906. The number of rotatable bonds is 0. The average molecular weight is 529 g/mol. The van der Waals surface area contributed by atoms with Gasteiger partial charge in [0.05, 0.1) is 0 Å². The number of fused-ring (bicyclic) bond motifs is 10. The maximum absolute atomic E-state index is 2.60. The standard InChI is InChI=1S/C26H26Si.2ClH.Zr/c1-17-11-7-9-13-21-15-19(3)25(23(17)21)27(5,6)26-20(4)16-22-14-10-8-12-18(2)24(22)26;;;/h7-14H,1-6H3;2*1H;/q;;;+2/p-2. The monoisotopic (exact) mass is 526 g/mol. The van der Waals surface area contributed by atoms with Crippen molar-refractivity contribution in [2.45, 2.75) is 40.8 Å². The van der Waals surface area contributed by atoms with E-state index in [-0.39, 0.29) is 24.8 Å². The number of hydrogen-bond acceptors (Lipinski definition) is 0. The minimum absolute atomic E-state index is 0. The van der Waals surface area contributed by atoms with Crippen molar-refractivity contribution in [2.75, 3.05) is 0 Å². The van der Waals surface area contributed by atoms with Gasteiger partial charge in [-0.1, -0.05) is 0 Å². The molecule has 0 radical (unpaired) electrons. The van der Waals surface area contributed by atoms with E-state index in [2.05, 4.69) is 89.3 Å². The van der Waals surface area contributed by atoms with Crippen LogP contribution in [0, 0.1) is 27.7 Å². The van der Waals surface area contributed by atoms with Crippen LogP contribution in [0.25, 0.3) is 22.3 Å². The third-order valence-corrected chi connectivity index (χ3v) is 15.0. The van der Waals surface area contributed by atoms with Gasteiger partial charge >= 0.3 is 182 Å². The van der Waals surface area contributed by atoms with Crippen LogP contribution in [0.4, 0.5) is 0 Å². The minimum Gasteiger partial charge on any atom is -1.00 e. The molecule has 0 aromatic heterocycles. The average Bonchev–Trinajstić information content (AvgIpc) is 2.91. The molecule has 30 heavy (non-hydrogen) atoms. The fourth-order valence-electron chi connectivity index (χ4n) is 5.71.